The van der Waals surface area contributed by atoms with Crippen molar-refractivity contribution in [2.24, 2.45) is 0 Å². The van der Waals surface area contributed by atoms with Crippen LogP contribution in [0.25, 0.3) is 0 Å². The van der Waals surface area contributed by atoms with E-state index >= 15 is 0 Å². The van der Waals surface area contributed by atoms with Crippen molar-refractivity contribution in [3.05, 3.63) is 0 Å². The number of aliphatic carboxylic acids is 1. The Morgan fingerprint density at radius 3 is 1.47 bits per heavy atom. The summed E-state index contributed by atoms with van der Waals surface area (Å²) in [4.78, 5) is 19.7. The fourth-order valence-corrected chi connectivity index (χ4v) is 0.553. The van der Waals surface area contributed by atoms with Gasteiger partial charge in [-0.25, -0.2) is 4.79 Å². The molecule has 0 heterocycles. The van der Waals surface area contributed by atoms with Crippen LogP contribution in [0.1, 0.15) is 6.92 Å². The summed E-state index contributed by atoms with van der Waals surface area (Å²) in [6.07, 6.45) is 0. The van der Waals surface area contributed by atoms with Gasteiger partial charge in [0.25, 0.3) is 0 Å². The maximum Gasteiger partial charge on any atom is 0.411 e. The van der Waals surface area contributed by atoms with Gasteiger partial charge in [-0.2, -0.15) is 26.3 Å². The summed E-state index contributed by atoms with van der Waals surface area (Å²) in [7, 11) is 0. The first-order chi connectivity index (χ1) is 6.39. The number of hydrogen-bond acceptors (Lipinski definition) is 2. The van der Waals surface area contributed by atoms with Crippen molar-refractivity contribution in [2.75, 3.05) is 0 Å². The van der Waals surface area contributed by atoms with E-state index in [4.69, 9.17) is 5.11 Å². The Hall–Kier alpha value is -1.28. The second kappa shape index (κ2) is 3.38. The average molecular weight is 238 g/mol. The zero-order valence-electron chi connectivity index (χ0n) is 7.03. The smallest absolute Gasteiger partial charge is 0.411 e. The lowest BCUT2D eigenvalue weighted by molar-refractivity contribution is -0.291. The molecule has 0 atom stereocenters. The molecule has 9 heteroatoms. The van der Waals surface area contributed by atoms with Crippen LogP contribution in [0.4, 0.5) is 26.3 Å². The third-order valence-corrected chi connectivity index (χ3v) is 1.50. The Balaban J connectivity index is 5.50. The molecular formula is C6H4F6O3. The summed E-state index contributed by atoms with van der Waals surface area (Å²) in [6.45, 7) is -0.0498. The number of rotatable bonds is 4. The molecule has 15 heavy (non-hydrogen) atoms. The van der Waals surface area contributed by atoms with E-state index in [9.17, 15) is 35.9 Å². The average Bonchev–Trinajstić information content (AvgIpc) is 2.02. The quantitative estimate of drug-likeness (QED) is 0.756. The van der Waals surface area contributed by atoms with E-state index in [1.165, 1.54) is 0 Å². The van der Waals surface area contributed by atoms with Crippen molar-refractivity contribution in [1.82, 2.24) is 0 Å². The van der Waals surface area contributed by atoms with Crippen LogP contribution in [0, 0.1) is 0 Å². The Labute approximate surface area is 78.7 Å². The molecule has 0 saturated heterocycles. The lowest BCUT2D eigenvalue weighted by Crippen LogP contribution is -2.60. The van der Waals surface area contributed by atoms with Gasteiger partial charge in [-0.05, 0) is 0 Å². The van der Waals surface area contributed by atoms with Crippen molar-refractivity contribution in [3.8, 4) is 0 Å². The summed E-state index contributed by atoms with van der Waals surface area (Å²) < 4.78 is 73.8. The fraction of sp³-hybridized carbons (Fsp3) is 0.667. The fourth-order valence-electron chi connectivity index (χ4n) is 0.553. The zero-order chi connectivity index (χ0) is 12.7. The Kier molecular flexibility index (Phi) is 3.10. The number of carbonyl (C=O) groups is 2. The highest BCUT2D eigenvalue weighted by Gasteiger charge is 2.77. The number of carboxylic acid groups (broad SMARTS) is 1. The lowest BCUT2D eigenvalue weighted by Gasteiger charge is -2.28. The second-order valence-corrected chi connectivity index (χ2v) is 2.58. The van der Waals surface area contributed by atoms with Crippen LogP contribution < -0.4 is 0 Å². The van der Waals surface area contributed by atoms with Crippen LogP contribution in [-0.2, 0) is 9.59 Å². The Bertz CT molecular complexity index is 269. The van der Waals surface area contributed by atoms with Crippen molar-refractivity contribution < 1.29 is 41.0 Å². The maximum atomic E-state index is 12.4. The Morgan fingerprint density at radius 1 is 0.933 bits per heavy atom. The molecule has 0 bridgehead atoms. The summed E-state index contributed by atoms with van der Waals surface area (Å²) in [5.41, 5.74) is 0. The van der Waals surface area contributed by atoms with Crippen molar-refractivity contribution in [2.45, 2.75) is 24.7 Å². The van der Waals surface area contributed by atoms with Crippen molar-refractivity contribution in [1.29, 1.82) is 0 Å². The van der Waals surface area contributed by atoms with E-state index in [2.05, 4.69) is 0 Å². The first-order valence-corrected chi connectivity index (χ1v) is 3.27. The SMILES string of the molecule is CC(=O)C(F)(F)C(F)(F)C(F)(F)C(=O)O. The lowest BCUT2D eigenvalue weighted by atomic mass is 10.0. The molecular weight excluding hydrogens is 234 g/mol. The molecule has 0 spiro atoms. The van der Waals surface area contributed by atoms with Crippen LogP contribution in [0.15, 0.2) is 0 Å². The third kappa shape index (κ3) is 1.77. The summed E-state index contributed by atoms with van der Waals surface area (Å²) >= 11 is 0. The van der Waals surface area contributed by atoms with Gasteiger partial charge in [0, 0.05) is 6.92 Å². The van der Waals surface area contributed by atoms with Gasteiger partial charge in [0.05, 0.1) is 0 Å². The molecule has 0 aromatic rings. The van der Waals surface area contributed by atoms with Gasteiger partial charge >= 0.3 is 23.7 Å². The third-order valence-electron chi connectivity index (χ3n) is 1.50. The van der Waals surface area contributed by atoms with Crippen molar-refractivity contribution in [3.63, 3.8) is 0 Å². The van der Waals surface area contributed by atoms with Gasteiger partial charge in [-0.15, -0.1) is 0 Å². The van der Waals surface area contributed by atoms with Crippen LogP contribution in [0.5, 0.6) is 0 Å². The van der Waals surface area contributed by atoms with E-state index in [0.717, 1.165) is 0 Å². The summed E-state index contributed by atoms with van der Waals surface area (Å²) in [6, 6.07) is 0. The van der Waals surface area contributed by atoms with Crippen LogP contribution in [-0.4, -0.2) is 34.6 Å². The standard InChI is InChI=1S/C6H4F6O3/c1-2(13)4(7,8)6(11,12)5(9,10)3(14)15/h1H3,(H,14,15). The molecule has 88 valence electrons. The molecule has 1 N–H and O–H groups in total. The molecule has 0 radical (unpaired) electrons. The maximum absolute atomic E-state index is 12.4. The van der Waals surface area contributed by atoms with Crippen LogP contribution in [0.3, 0.4) is 0 Å². The van der Waals surface area contributed by atoms with E-state index < -0.39 is 29.5 Å². The summed E-state index contributed by atoms with van der Waals surface area (Å²) in [5.74, 6) is -24.0. The monoisotopic (exact) mass is 238 g/mol. The number of carbonyl (C=O) groups excluding carboxylic acids is 1. The predicted octanol–water partition coefficient (Wildman–Crippen LogP) is 1.57. The molecule has 0 unspecified atom stereocenters. The van der Waals surface area contributed by atoms with E-state index in [0.29, 0.717) is 0 Å². The van der Waals surface area contributed by atoms with Gasteiger partial charge in [0.1, 0.15) is 0 Å². The highest BCUT2D eigenvalue weighted by Crippen LogP contribution is 2.46. The van der Waals surface area contributed by atoms with Crippen LogP contribution in [0.2, 0.25) is 0 Å². The molecule has 0 aromatic heterocycles. The zero-order valence-corrected chi connectivity index (χ0v) is 7.03. The molecule has 0 saturated carbocycles. The number of Topliss-reactive ketones (excluding diaryl/α,β-unsaturated/α-hetero) is 1. The predicted molar refractivity (Wildman–Crippen MR) is 33.2 cm³/mol. The van der Waals surface area contributed by atoms with Gasteiger partial charge in [0.15, 0.2) is 0 Å². The highest BCUT2D eigenvalue weighted by atomic mass is 19.3. The molecule has 0 rings (SSSR count). The molecule has 0 amide bonds. The molecule has 0 aromatic carbocycles. The van der Waals surface area contributed by atoms with E-state index in [1.54, 1.807) is 0 Å². The molecule has 0 aliphatic carbocycles. The minimum absolute atomic E-state index is 0.0498. The highest BCUT2D eigenvalue weighted by molar-refractivity contribution is 5.87. The van der Waals surface area contributed by atoms with E-state index in [1.807, 2.05) is 0 Å². The van der Waals surface area contributed by atoms with Crippen molar-refractivity contribution >= 4 is 11.8 Å². The van der Waals surface area contributed by atoms with Gasteiger partial charge in [0.2, 0.25) is 5.78 Å². The number of ketones is 1. The molecule has 0 fully saturated rings. The largest absolute Gasteiger partial charge is 0.477 e. The van der Waals surface area contributed by atoms with Gasteiger partial charge in [-0.3, -0.25) is 4.79 Å². The van der Waals surface area contributed by atoms with E-state index in [-0.39, 0.29) is 6.92 Å². The topological polar surface area (TPSA) is 54.4 Å². The minimum Gasteiger partial charge on any atom is -0.477 e. The summed E-state index contributed by atoms with van der Waals surface area (Å²) in [5, 5.41) is 7.65. The molecule has 3 nitrogen and oxygen atoms in total. The Morgan fingerprint density at radius 2 is 1.27 bits per heavy atom. The number of alkyl halides is 6. The number of hydrogen-bond donors (Lipinski definition) is 1. The molecule has 0 aliphatic rings. The van der Waals surface area contributed by atoms with Crippen LogP contribution >= 0.6 is 0 Å². The van der Waals surface area contributed by atoms with Gasteiger partial charge in [-0.1, -0.05) is 0 Å². The van der Waals surface area contributed by atoms with Gasteiger partial charge < -0.3 is 5.11 Å². The normalized spacial score (nSPS) is 13.8. The number of halogens is 6. The second-order valence-electron chi connectivity index (χ2n) is 2.58. The first kappa shape index (κ1) is 13.7. The first-order valence-electron chi connectivity index (χ1n) is 3.27. The minimum atomic E-state index is -6.28. The molecule has 0 aliphatic heterocycles. The number of carboxylic acids is 1.